The summed E-state index contributed by atoms with van der Waals surface area (Å²) in [5.41, 5.74) is 3.24. The van der Waals surface area contributed by atoms with Crippen molar-refractivity contribution in [3.8, 4) is 0 Å². The Bertz CT molecular complexity index is 449. The molecule has 3 heteroatoms. The lowest BCUT2D eigenvalue weighted by Crippen LogP contribution is -1.84. The van der Waals surface area contributed by atoms with Crippen LogP contribution in [-0.4, -0.2) is 15.0 Å². The molecule has 2 aromatic heterocycles. The van der Waals surface area contributed by atoms with Gasteiger partial charge in [-0.25, -0.2) is 9.97 Å². The van der Waals surface area contributed by atoms with Crippen LogP contribution in [0.5, 0.6) is 0 Å². The molecule has 0 fully saturated rings. The monoisotopic (exact) mass is 197 g/mol. The van der Waals surface area contributed by atoms with Crippen LogP contribution in [0.15, 0.2) is 43.1 Å². The van der Waals surface area contributed by atoms with Gasteiger partial charge in [-0.2, -0.15) is 0 Å². The van der Waals surface area contributed by atoms with Gasteiger partial charge in [0.05, 0.1) is 5.69 Å². The fourth-order valence-electron chi connectivity index (χ4n) is 1.31. The highest BCUT2D eigenvalue weighted by atomic mass is 14.8. The van der Waals surface area contributed by atoms with Crippen molar-refractivity contribution in [2.45, 2.75) is 6.92 Å². The van der Waals surface area contributed by atoms with Gasteiger partial charge in [0.1, 0.15) is 6.33 Å². The second-order valence-corrected chi connectivity index (χ2v) is 3.20. The lowest BCUT2D eigenvalue weighted by Gasteiger charge is -1.99. The number of hydrogen-bond donors (Lipinski definition) is 0. The second kappa shape index (κ2) is 4.46. The summed E-state index contributed by atoms with van der Waals surface area (Å²) in [6.45, 7) is 2.05. The SMILES string of the molecule is C/C(=C\c1ccncn1)c1ccncc1. The number of nitrogens with zero attached hydrogens (tertiary/aromatic N) is 3. The normalized spacial score (nSPS) is 11.4. The summed E-state index contributed by atoms with van der Waals surface area (Å²) in [5, 5.41) is 0. The van der Waals surface area contributed by atoms with E-state index in [9.17, 15) is 0 Å². The molecule has 15 heavy (non-hydrogen) atoms. The fourth-order valence-corrected chi connectivity index (χ4v) is 1.31. The van der Waals surface area contributed by atoms with Crippen molar-refractivity contribution >= 4 is 11.6 Å². The van der Waals surface area contributed by atoms with Gasteiger partial charge in [-0.3, -0.25) is 4.98 Å². The molecule has 0 N–H and O–H groups in total. The molecule has 0 saturated heterocycles. The molecule has 0 atom stereocenters. The zero-order valence-electron chi connectivity index (χ0n) is 8.46. The summed E-state index contributed by atoms with van der Waals surface area (Å²) in [7, 11) is 0. The third kappa shape index (κ3) is 2.47. The molecule has 0 bridgehead atoms. The van der Waals surface area contributed by atoms with Crippen LogP contribution < -0.4 is 0 Å². The van der Waals surface area contributed by atoms with Gasteiger partial charge in [-0.1, -0.05) is 0 Å². The molecular formula is C12H11N3. The number of pyridine rings is 1. The highest BCUT2D eigenvalue weighted by Gasteiger charge is 1.95. The fraction of sp³-hybridized carbons (Fsp3) is 0.0833. The van der Waals surface area contributed by atoms with E-state index >= 15 is 0 Å². The minimum absolute atomic E-state index is 0.916. The van der Waals surface area contributed by atoms with E-state index in [-0.39, 0.29) is 0 Å². The van der Waals surface area contributed by atoms with Gasteiger partial charge in [-0.05, 0) is 42.3 Å². The molecule has 3 nitrogen and oxygen atoms in total. The Balaban J connectivity index is 2.29. The second-order valence-electron chi connectivity index (χ2n) is 3.20. The molecule has 0 aliphatic carbocycles. The summed E-state index contributed by atoms with van der Waals surface area (Å²) < 4.78 is 0. The number of allylic oxidation sites excluding steroid dienone is 1. The van der Waals surface area contributed by atoms with Crippen molar-refractivity contribution in [2.24, 2.45) is 0 Å². The van der Waals surface area contributed by atoms with E-state index in [1.54, 1.807) is 24.9 Å². The van der Waals surface area contributed by atoms with Gasteiger partial charge in [0, 0.05) is 18.6 Å². The molecule has 0 unspecified atom stereocenters. The van der Waals surface area contributed by atoms with Gasteiger partial charge >= 0.3 is 0 Å². The highest BCUT2D eigenvalue weighted by molar-refractivity contribution is 5.78. The average Bonchev–Trinajstić information content (AvgIpc) is 2.31. The van der Waals surface area contributed by atoms with Gasteiger partial charge in [0.2, 0.25) is 0 Å². The van der Waals surface area contributed by atoms with Crippen LogP contribution >= 0.6 is 0 Å². The number of aromatic nitrogens is 3. The Morgan fingerprint density at radius 2 is 1.80 bits per heavy atom. The zero-order valence-corrected chi connectivity index (χ0v) is 8.46. The van der Waals surface area contributed by atoms with Gasteiger partial charge < -0.3 is 0 Å². The highest BCUT2D eigenvalue weighted by Crippen LogP contribution is 2.14. The first-order valence-corrected chi connectivity index (χ1v) is 4.71. The van der Waals surface area contributed by atoms with E-state index in [0.29, 0.717) is 0 Å². The standard InChI is InChI=1S/C12H11N3/c1-10(11-2-5-13-6-3-11)8-12-4-7-14-9-15-12/h2-9H,1H3/b10-8+. The molecule has 0 aromatic carbocycles. The summed E-state index contributed by atoms with van der Waals surface area (Å²) in [6.07, 6.45) is 8.88. The van der Waals surface area contributed by atoms with E-state index in [1.165, 1.54) is 0 Å². The van der Waals surface area contributed by atoms with Gasteiger partial charge in [0.25, 0.3) is 0 Å². The molecule has 2 rings (SSSR count). The molecule has 2 heterocycles. The predicted octanol–water partition coefficient (Wildman–Crippen LogP) is 2.43. The maximum atomic E-state index is 4.14. The molecule has 0 aliphatic rings. The molecule has 0 amide bonds. The average molecular weight is 197 g/mol. The summed E-state index contributed by atoms with van der Waals surface area (Å²) in [4.78, 5) is 12.0. The Morgan fingerprint density at radius 3 is 2.47 bits per heavy atom. The number of hydrogen-bond acceptors (Lipinski definition) is 3. The maximum absolute atomic E-state index is 4.14. The first-order chi connectivity index (χ1) is 7.36. The molecule has 0 spiro atoms. The van der Waals surface area contributed by atoms with E-state index in [4.69, 9.17) is 0 Å². The van der Waals surface area contributed by atoms with Crippen molar-refractivity contribution in [2.75, 3.05) is 0 Å². The van der Waals surface area contributed by atoms with Crippen LogP contribution in [0, 0.1) is 0 Å². The Hall–Kier alpha value is -2.03. The molecule has 2 aromatic rings. The van der Waals surface area contributed by atoms with Crippen molar-refractivity contribution in [1.82, 2.24) is 15.0 Å². The maximum Gasteiger partial charge on any atom is 0.115 e. The van der Waals surface area contributed by atoms with Crippen LogP contribution in [0.4, 0.5) is 0 Å². The summed E-state index contributed by atoms with van der Waals surface area (Å²) in [5.74, 6) is 0. The zero-order chi connectivity index (χ0) is 10.5. The molecular weight excluding hydrogens is 186 g/mol. The summed E-state index contributed by atoms with van der Waals surface area (Å²) in [6, 6.07) is 5.84. The Kier molecular flexibility index (Phi) is 2.83. The van der Waals surface area contributed by atoms with Crippen molar-refractivity contribution in [1.29, 1.82) is 0 Å². The van der Waals surface area contributed by atoms with Crippen LogP contribution in [-0.2, 0) is 0 Å². The lowest BCUT2D eigenvalue weighted by molar-refractivity contribution is 1.15. The van der Waals surface area contributed by atoms with Crippen LogP contribution in [0.2, 0.25) is 0 Å². The minimum Gasteiger partial charge on any atom is -0.265 e. The van der Waals surface area contributed by atoms with E-state index < -0.39 is 0 Å². The van der Waals surface area contributed by atoms with Crippen LogP contribution in [0.25, 0.3) is 11.6 Å². The van der Waals surface area contributed by atoms with E-state index in [0.717, 1.165) is 16.8 Å². The van der Waals surface area contributed by atoms with Crippen molar-refractivity contribution in [3.05, 3.63) is 54.4 Å². The van der Waals surface area contributed by atoms with Gasteiger partial charge in [-0.15, -0.1) is 0 Å². The molecule has 0 aliphatic heterocycles. The third-order valence-corrected chi connectivity index (χ3v) is 2.10. The minimum atomic E-state index is 0.916. The topological polar surface area (TPSA) is 38.7 Å². The van der Waals surface area contributed by atoms with Crippen LogP contribution in [0.3, 0.4) is 0 Å². The predicted molar refractivity (Wildman–Crippen MR) is 59.8 cm³/mol. The first-order valence-electron chi connectivity index (χ1n) is 4.71. The Labute approximate surface area is 88.6 Å². The number of rotatable bonds is 2. The quantitative estimate of drug-likeness (QED) is 0.742. The Morgan fingerprint density at radius 1 is 1.07 bits per heavy atom. The van der Waals surface area contributed by atoms with Crippen LogP contribution in [0.1, 0.15) is 18.2 Å². The lowest BCUT2D eigenvalue weighted by atomic mass is 10.1. The van der Waals surface area contributed by atoms with Crippen molar-refractivity contribution in [3.63, 3.8) is 0 Å². The first kappa shape index (κ1) is 9.52. The molecule has 74 valence electrons. The van der Waals surface area contributed by atoms with Crippen molar-refractivity contribution < 1.29 is 0 Å². The molecule has 0 radical (unpaired) electrons. The molecule has 0 saturated carbocycles. The smallest absolute Gasteiger partial charge is 0.115 e. The summed E-state index contributed by atoms with van der Waals surface area (Å²) >= 11 is 0. The van der Waals surface area contributed by atoms with Gasteiger partial charge in [0.15, 0.2) is 0 Å². The largest absolute Gasteiger partial charge is 0.265 e. The van der Waals surface area contributed by atoms with E-state index in [1.807, 2.05) is 24.3 Å². The van der Waals surface area contributed by atoms with E-state index in [2.05, 4.69) is 21.9 Å². The third-order valence-electron chi connectivity index (χ3n) is 2.10.